The Bertz CT molecular complexity index is 349. The highest BCUT2D eigenvalue weighted by Crippen LogP contribution is 2.27. The zero-order valence-corrected chi connectivity index (χ0v) is 7.12. The fourth-order valence-corrected chi connectivity index (χ4v) is 1.06. The number of benzene rings is 1. The monoisotopic (exact) mass is 199 g/mol. The Morgan fingerprint density at radius 1 is 1.36 bits per heavy atom. The average Bonchev–Trinajstić information content (AvgIpc) is 2.18. The lowest BCUT2D eigenvalue weighted by Crippen LogP contribution is -2.30. The topological polar surface area (TPSA) is 104 Å². The molecule has 0 aliphatic carbocycles. The third kappa shape index (κ3) is 1.87. The Morgan fingerprint density at radius 3 is 2.43 bits per heavy atom. The third-order valence-electron chi connectivity index (χ3n) is 1.75. The predicted molar refractivity (Wildman–Crippen MR) is 46.3 cm³/mol. The first-order valence-corrected chi connectivity index (χ1v) is 3.78. The molecule has 14 heavy (non-hydrogen) atoms. The van der Waals surface area contributed by atoms with Crippen LogP contribution in [0.25, 0.3) is 0 Å². The first-order valence-electron chi connectivity index (χ1n) is 3.78. The van der Waals surface area contributed by atoms with Crippen LogP contribution in [0.15, 0.2) is 24.3 Å². The molecule has 1 aromatic carbocycles. The van der Waals surface area contributed by atoms with Gasteiger partial charge in [-0.2, -0.15) is 0 Å². The van der Waals surface area contributed by atoms with Crippen LogP contribution in [0, 0.1) is 10.1 Å². The molecule has 0 amide bonds. The van der Waals surface area contributed by atoms with Crippen molar-refractivity contribution in [2.24, 2.45) is 0 Å². The quantitative estimate of drug-likeness (QED) is 0.353. The van der Waals surface area contributed by atoms with E-state index in [9.17, 15) is 20.3 Å². The lowest BCUT2D eigenvalue weighted by atomic mass is 10.0. The number of rotatable bonds is 3. The van der Waals surface area contributed by atoms with E-state index < -0.39 is 23.0 Å². The van der Waals surface area contributed by atoms with E-state index in [0.717, 1.165) is 6.07 Å². The van der Waals surface area contributed by atoms with Crippen molar-refractivity contribution < 1.29 is 20.2 Å². The molecular formula is C8H9NO5. The second kappa shape index (κ2) is 3.70. The minimum Gasteiger partial charge on any atom is -0.390 e. The van der Waals surface area contributed by atoms with E-state index in [-0.39, 0.29) is 5.56 Å². The van der Waals surface area contributed by atoms with E-state index in [0.29, 0.717) is 0 Å². The summed E-state index contributed by atoms with van der Waals surface area (Å²) in [5.74, 6) is -2.58. The van der Waals surface area contributed by atoms with Gasteiger partial charge in [0.25, 0.3) is 5.69 Å². The molecule has 3 N–H and O–H groups in total. The van der Waals surface area contributed by atoms with Crippen LogP contribution < -0.4 is 0 Å². The molecular weight excluding hydrogens is 190 g/mol. The molecule has 1 rings (SSSR count). The normalized spacial score (nSPS) is 11.4. The van der Waals surface area contributed by atoms with Crippen LogP contribution in [0.2, 0.25) is 0 Å². The van der Waals surface area contributed by atoms with Gasteiger partial charge in [-0.3, -0.25) is 10.1 Å². The predicted octanol–water partition coefficient (Wildman–Crippen LogP) is -0.276. The number of para-hydroxylation sites is 1. The summed E-state index contributed by atoms with van der Waals surface area (Å²) in [7, 11) is 0. The van der Waals surface area contributed by atoms with Crippen molar-refractivity contribution in [2.75, 3.05) is 6.61 Å². The van der Waals surface area contributed by atoms with E-state index in [1.807, 2.05) is 0 Å². The highest BCUT2D eigenvalue weighted by Gasteiger charge is 2.32. The average molecular weight is 199 g/mol. The molecule has 6 nitrogen and oxygen atoms in total. The molecule has 1 aromatic rings. The Hall–Kier alpha value is -1.50. The van der Waals surface area contributed by atoms with Gasteiger partial charge in [-0.15, -0.1) is 0 Å². The van der Waals surface area contributed by atoms with E-state index in [1.54, 1.807) is 0 Å². The number of hydrogen-bond donors (Lipinski definition) is 3. The van der Waals surface area contributed by atoms with Crippen LogP contribution in [0.3, 0.4) is 0 Å². The van der Waals surface area contributed by atoms with Crippen molar-refractivity contribution in [1.29, 1.82) is 0 Å². The minimum absolute atomic E-state index is 0.326. The summed E-state index contributed by atoms with van der Waals surface area (Å²) in [5.41, 5.74) is -0.765. The molecule has 0 fully saturated rings. The van der Waals surface area contributed by atoms with Gasteiger partial charge in [0, 0.05) is 6.07 Å². The standard InChI is InChI=1S/C8H9NO5/c10-5-8(11,12)6-3-1-2-4-7(6)9(13)14/h1-4,10-12H,5H2. The molecule has 0 heterocycles. The summed E-state index contributed by atoms with van der Waals surface area (Å²) >= 11 is 0. The molecule has 0 atom stereocenters. The minimum atomic E-state index is -2.58. The number of nitro benzene ring substituents is 1. The van der Waals surface area contributed by atoms with Crippen LogP contribution in [-0.4, -0.2) is 26.8 Å². The van der Waals surface area contributed by atoms with Crippen molar-refractivity contribution >= 4 is 5.69 Å². The molecule has 0 aliphatic heterocycles. The number of hydrogen-bond acceptors (Lipinski definition) is 5. The van der Waals surface area contributed by atoms with Gasteiger partial charge in [-0.25, -0.2) is 0 Å². The van der Waals surface area contributed by atoms with Gasteiger partial charge in [0.05, 0.1) is 10.5 Å². The van der Waals surface area contributed by atoms with Gasteiger partial charge in [0.2, 0.25) is 5.79 Å². The van der Waals surface area contributed by atoms with Crippen molar-refractivity contribution in [2.45, 2.75) is 5.79 Å². The maximum Gasteiger partial charge on any atom is 0.278 e. The summed E-state index contributed by atoms with van der Waals surface area (Å²) in [6.45, 7) is -1.00. The molecule has 6 heteroatoms. The first-order chi connectivity index (χ1) is 6.49. The Kier molecular flexibility index (Phi) is 2.80. The largest absolute Gasteiger partial charge is 0.390 e. The van der Waals surface area contributed by atoms with Gasteiger partial charge in [0.15, 0.2) is 0 Å². The summed E-state index contributed by atoms with van der Waals surface area (Å²) in [5, 5.41) is 37.6. The number of aliphatic hydroxyl groups excluding tert-OH is 1. The van der Waals surface area contributed by atoms with Crippen LogP contribution in [0.5, 0.6) is 0 Å². The molecule has 0 bridgehead atoms. The molecule has 0 aromatic heterocycles. The fraction of sp³-hybridized carbons (Fsp3) is 0.250. The van der Waals surface area contributed by atoms with E-state index in [2.05, 4.69) is 0 Å². The lowest BCUT2D eigenvalue weighted by Gasteiger charge is -2.18. The van der Waals surface area contributed by atoms with Crippen LogP contribution in [0.4, 0.5) is 5.69 Å². The highest BCUT2D eigenvalue weighted by atomic mass is 16.6. The summed E-state index contributed by atoms with van der Waals surface area (Å²) in [4.78, 5) is 9.74. The smallest absolute Gasteiger partial charge is 0.278 e. The third-order valence-corrected chi connectivity index (χ3v) is 1.75. The van der Waals surface area contributed by atoms with Crippen molar-refractivity contribution in [3.8, 4) is 0 Å². The zero-order chi connectivity index (χ0) is 10.8. The van der Waals surface area contributed by atoms with E-state index in [4.69, 9.17) is 5.11 Å². The van der Waals surface area contributed by atoms with Crippen molar-refractivity contribution in [3.05, 3.63) is 39.9 Å². The fourth-order valence-electron chi connectivity index (χ4n) is 1.06. The maximum absolute atomic E-state index is 10.5. The Balaban J connectivity index is 3.27. The number of nitro groups is 1. The van der Waals surface area contributed by atoms with Gasteiger partial charge >= 0.3 is 0 Å². The van der Waals surface area contributed by atoms with Gasteiger partial charge in [0.1, 0.15) is 6.61 Å². The Labute approximate surface area is 79.2 Å². The molecule has 0 spiro atoms. The van der Waals surface area contributed by atoms with Crippen molar-refractivity contribution in [3.63, 3.8) is 0 Å². The van der Waals surface area contributed by atoms with Gasteiger partial charge in [-0.05, 0) is 6.07 Å². The number of nitrogens with zero attached hydrogens (tertiary/aromatic N) is 1. The van der Waals surface area contributed by atoms with E-state index in [1.165, 1.54) is 18.2 Å². The summed E-state index contributed by atoms with van der Waals surface area (Å²) < 4.78 is 0. The molecule has 76 valence electrons. The molecule has 0 saturated heterocycles. The molecule has 0 unspecified atom stereocenters. The number of aliphatic hydroxyl groups is 3. The second-order valence-corrected chi connectivity index (χ2v) is 2.75. The van der Waals surface area contributed by atoms with Crippen molar-refractivity contribution in [1.82, 2.24) is 0 Å². The zero-order valence-electron chi connectivity index (χ0n) is 7.12. The van der Waals surface area contributed by atoms with Gasteiger partial charge in [-0.1, -0.05) is 12.1 Å². The first kappa shape index (κ1) is 10.6. The summed E-state index contributed by atoms with van der Waals surface area (Å²) in [6.07, 6.45) is 0. The van der Waals surface area contributed by atoms with Crippen LogP contribution >= 0.6 is 0 Å². The Morgan fingerprint density at radius 2 is 1.93 bits per heavy atom. The van der Waals surface area contributed by atoms with Crippen LogP contribution in [-0.2, 0) is 5.79 Å². The SMILES string of the molecule is O=[N+]([O-])c1ccccc1C(O)(O)CO. The highest BCUT2D eigenvalue weighted by molar-refractivity contribution is 5.42. The van der Waals surface area contributed by atoms with Gasteiger partial charge < -0.3 is 15.3 Å². The summed E-state index contributed by atoms with van der Waals surface area (Å²) in [6, 6.07) is 5.12. The van der Waals surface area contributed by atoms with Crippen LogP contribution in [0.1, 0.15) is 5.56 Å². The maximum atomic E-state index is 10.5. The second-order valence-electron chi connectivity index (χ2n) is 2.75. The molecule has 0 aliphatic rings. The lowest BCUT2D eigenvalue weighted by molar-refractivity contribution is -0.388. The molecule has 0 radical (unpaired) electrons. The van der Waals surface area contributed by atoms with E-state index >= 15 is 0 Å². The molecule has 0 saturated carbocycles.